The molecule has 54 valence electrons. The summed E-state index contributed by atoms with van der Waals surface area (Å²) in [5, 5.41) is 0. The maximum atomic E-state index is 3.46. The zero-order chi connectivity index (χ0) is 7.72. The molecule has 10 heavy (non-hydrogen) atoms. The second kappa shape index (κ2) is 3.54. The van der Waals surface area contributed by atoms with E-state index in [9.17, 15) is 0 Å². The van der Waals surface area contributed by atoms with Crippen LogP contribution in [0, 0.1) is 10.5 Å². The van der Waals surface area contributed by atoms with E-state index in [-0.39, 0.29) is 0 Å². The van der Waals surface area contributed by atoms with Gasteiger partial charge in [0.15, 0.2) is 0 Å². The van der Waals surface area contributed by atoms with Gasteiger partial charge in [0.1, 0.15) is 0 Å². The van der Waals surface area contributed by atoms with Crippen LogP contribution in [-0.2, 0) is 0 Å². The van der Waals surface area contributed by atoms with E-state index in [1.165, 1.54) is 9.13 Å². The van der Waals surface area contributed by atoms with Crippen molar-refractivity contribution in [3.05, 3.63) is 30.2 Å². The monoisotopic (exact) mass is 374 g/mol. The van der Waals surface area contributed by atoms with Crippen LogP contribution in [0.3, 0.4) is 0 Å². The number of hydrogen-bond acceptors (Lipinski definition) is 0. The fraction of sp³-hybridized carbons (Fsp3) is 0.143. The lowest BCUT2D eigenvalue weighted by Crippen LogP contribution is -1.79. The van der Waals surface area contributed by atoms with E-state index < -0.39 is 0 Å². The molecule has 0 spiro atoms. The Morgan fingerprint density at radius 1 is 1.20 bits per heavy atom. The van der Waals surface area contributed by atoms with E-state index in [1.54, 1.807) is 0 Å². The summed E-state index contributed by atoms with van der Waals surface area (Å²) in [6, 6.07) is 4.20. The van der Waals surface area contributed by atoms with E-state index in [2.05, 4.69) is 73.5 Å². The molecule has 0 atom stereocenters. The van der Waals surface area contributed by atoms with Gasteiger partial charge in [0.25, 0.3) is 0 Å². The minimum Gasteiger partial charge on any atom is -0.0505 e. The molecule has 0 unspecified atom stereocenters. The molecule has 0 aliphatic carbocycles. The van der Waals surface area contributed by atoms with E-state index >= 15 is 0 Å². The van der Waals surface area contributed by atoms with Crippen LogP contribution < -0.4 is 0 Å². The largest absolute Gasteiger partial charge is 0.0505 e. The average Bonchev–Trinajstić information content (AvgIpc) is 1.82. The second-order valence-electron chi connectivity index (χ2n) is 1.99. The summed E-state index contributed by atoms with van der Waals surface area (Å²) in [4.78, 5) is 0. The van der Waals surface area contributed by atoms with Gasteiger partial charge < -0.3 is 0 Å². The topological polar surface area (TPSA) is 0 Å². The fourth-order valence-corrected chi connectivity index (χ4v) is 3.28. The molecule has 1 aromatic carbocycles. The standard InChI is InChI=1S/C7H5Br2I/c1-4-6(8)2-5(10)3-7(4)9/h2-3H,1H3. The van der Waals surface area contributed by atoms with Crippen LogP contribution in [0.5, 0.6) is 0 Å². The summed E-state index contributed by atoms with van der Waals surface area (Å²) < 4.78 is 3.56. The highest BCUT2D eigenvalue weighted by molar-refractivity contribution is 14.1. The van der Waals surface area contributed by atoms with Crippen molar-refractivity contribution in [1.82, 2.24) is 0 Å². The van der Waals surface area contributed by atoms with Gasteiger partial charge in [0, 0.05) is 12.5 Å². The number of halogens is 3. The molecule has 0 aliphatic heterocycles. The molecular weight excluding hydrogens is 371 g/mol. The Bertz CT molecular complexity index is 235. The second-order valence-corrected chi connectivity index (χ2v) is 4.95. The first-order valence-corrected chi connectivity index (χ1v) is 5.39. The van der Waals surface area contributed by atoms with Crippen molar-refractivity contribution >= 4 is 54.5 Å². The van der Waals surface area contributed by atoms with Gasteiger partial charge in [-0.1, -0.05) is 31.9 Å². The molecule has 0 radical (unpaired) electrons. The van der Waals surface area contributed by atoms with E-state index in [0.29, 0.717) is 0 Å². The lowest BCUT2D eigenvalue weighted by molar-refractivity contribution is 1.38. The minimum atomic E-state index is 1.16. The minimum absolute atomic E-state index is 1.16. The van der Waals surface area contributed by atoms with Crippen molar-refractivity contribution in [2.75, 3.05) is 0 Å². The van der Waals surface area contributed by atoms with Gasteiger partial charge in [-0.15, -0.1) is 0 Å². The Kier molecular flexibility index (Phi) is 3.19. The maximum Gasteiger partial charge on any atom is 0.0226 e. The molecule has 1 rings (SSSR count). The first-order valence-electron chi connectivity index (χ1n) is 2.72. The molecule has 0 bridgehead atoms. The number of benzene rings is 1. The third-order valence-electron chi connectivity index (χ3n) is 1.25. The van der Waals surface area contributed by atoms with Gasteiger partial charge in [-0.25, -0.2) is 0 Å². The lowest BCUT2D eigenvalue weighted by Gasteiger charge is -2.00. The van der Waals surface area contributed by atoms with E-state index in [4.69, 9.17) is 0 Å². The Morgan fingerprint density at radius 3 is 2.00 bits per heavy atom. The molecular formula is C7H5Br2I. The summed E-state index contributed by atoms with van der Waals surface area (Å²) in [6.45, 7) is 2.07. The van der Waals surface area contributed by atoms with Gasteiger partial charge in [0.2, 0.25) is 0 Å². The summed E-state index contributed by atoms with van der Waals surface area (Å²) in [7, 11) is 0. The van der Waals surface area contributed by atoms with Crippen LogP contribution >= 0.6 is 54.5 Å². The van der Waals surface area contributed by atoms with Crippen molar-refractivity contribution in [1.29, 1.82) is 0 Å². The van der Waals surface area contributed by atoms with Gasteiger partial charge in [-0.2, -0.15) is 0 Å². The first-order chi connectivity index (χ1) is 4.61. The van der Waals surface area contributed by atoms with Gasteiger partial charge >= 0.3 is 0 Å². The van der Waals surface area contributed by atoms with Crippen LogP contribution in [0.25, 0.3) is 0 Å². The van der Waals surface area contributed by atoms with Crippen molar-refractivity contribution in [3.8, 4) is 0 Å². The smallest absolute Gasteiger partial charge is 0.0226 e. The molecule has 0 amide bonds. The fourth-order valence-electron chi connectivity index (χ4n) is 0.614. The summed E-state index contributed by atoms with van der Waals surface area (Å²) in [5.41, 5.74) is 1.25. The highest BCUT2D eigenvalue weighted by atomic mass is 127. The Morgan fingerprint density at radius 2 is 1.60 bits per heavy atom. The molecule has 0 heterocycles. The lowest BCUT2D eigenvalue weighted by atomic mass is 10.2. The van der Waals surface area contributed by atoms with E-state index in [0.717, 1.165) is 8.95 Å². The Hall–Kier alpha value is 0.910. The van der Waals surface area contributed by atoms with Gasteiger partial charge in [0.05, 0.1) is 0 Å². The zero-order valence-electron chi connectivity index (χ0n) is 5.29. The summed E-state index contributed by atoms with van der Waals surface area (Å²) in [6.07, 6.45) is 0. The van der Waals surface area contributed by atoms with Crippen molar-refractivity contribution < 1.29 is 0 Å². The molecule has 1 aromatic rings. The molecule has 0 aromatic heterocycles. The molecule has 0 saturated carbocycles. The SMILES string of the molecule is Cc1c(Br)cc(I)cc1Br. The summed E-state index contributed by atoms with van der Waals surface area (Å²) in [5.74, 6) is 0. The highest BCUT2D eigenvalue weighted by Crippen LogP contribution is 2.26. The van der Waals surface area contributed by atoms with Gasteiger partial charge in [-0.05, 0) is 47.2 Å². The molecule has 0 N–H and O–H groups in total. The predicted octanol–water partition coefficient (Wildman–Crippen LogP) is 4.12. The first kappa shape index (κ1) is 9.00. The average molecular weight is 376 g/mol. The van der Waals surface area contributed by atoms with Crippen LogP contribution in [0.15, 0.2) is 21.1 Å². The molecule has 0 saturated heterocycles. The Balaban J connectivity index is 3.31. The van der Waals surface area contributed by atoms with Crippen LogP contribution in [0.4, 0.5) is 0 Å². The quantitative estimate of drug-likeness (QED) is 0.598. The van der Waals surface area contributed by atoms with Gasteiger partial charge in [-0.3, -0.25) is 0 Å². The Labute approximate surface area is 90.8 Å². The number of rotatable bonds is 0. The number of hydrogen-bond donors (Lipinski definition) is 0. The normalized spacial score (nSPS) is 10.0. The maximum absolute atomic E-state index is 3.46. The predicted molar refractivity (Wildman–Crippen MR) is 59.3 cm³/mol. The molecule has 3 heteroatoms. The van der Waals surface area contributed by atoms with Crippen LogP contribution in [0.2, 0.25) is 0 Å². The molecule has 0 fully saturated rings. The molecule has 0 nitrogen and oxygen atoms in total. The third kappa shape index (κ3) is 1.95. The third-order valence-corrected chi connectivity index (χ3v) is 3.52. The zero-order valence-corrected chi connectivity index (χ0v) is 10.6. The van der Waals surface area contributed by atoms with E-state index in [1.807, 2.05) is 0 Å². The van der Waals surface area contributed by atoms with Crippen LogP contribution in [-0.4, -0.2) is 0 Å². The summed E-state index contributed by atoms with van der Waals surface area (Å²) >= 11 is 9.21. The molecule has 0 aliphatic rings. The highest BCUT2D eigenvalue weighted by Gasteiger charge is 1.99. The van der Waals surface area contributed by atoms with Crippen molar-refractivity contribution in [3.63, 3.8) is 0 Å². The van der Waals surface area contributed by atoms with Crippen LogP contribution in [0.1, 0.15) is 5.56 Å². The van der Waals surface area contributed by atoms with Crippen molar-refractivity contribution in [2.24, 2.45) is 0 Å². The van der Waals surface area contributed by atoms with Crippen molar-refractivity contribution in [2.45, 2.75) is 6.92 Å².